The number of hydrogen-bond acceptors (Lipinski definition) is 4. The number of carbonyl (C=O) groups is 1. The third kappa shape index (κ3) is 3.87. The van der Waals surface area contributed by atoms with Crippen molar-refractivity contribution in [2.45, 2.75) is 44.3 Å². The zero-order valence-corrected chi connectivity index (χ0v) is 15.4. The molecule has 0 aromatic carbocycles. The van der Waals surface area contributed by atoms with Crippen LogP contribution >= 0.6 is 0 Å². The van der Waals surface area contributed by atoms with Crippen molar-refractivity contribution in [3.8, 4) is 0 Å². The molecule has 2 aromatic rings. The van der Waals surface area contributed by atoms with Gasteiger partial charge in [-0.15, -0.1) is 5.10 Å². The Morgan fingerprint density at radius 3 is 2.81 bits per heavy atom. The predicted octanol–water partition coefficient (Wildman–Crippen LogP) is 1.76. The molecule has 2 aromatic heterocycles. The summed E-state index contributed by atoms with van der Waals surface area (Å²) < 4.78 is 31.6. The number of aryl methyl sites for hydroxylation is 1. The molecular formula is C18H24F2N6O. The van der Waals surface area contributed by atoms with E-state index in [9.17, 15) is 13.6 Å². The van der Waals surface area contributed by atoms with Gasteiger partial charge >= 0.3 is 0 Å². The average Bonchev–Trinajstić information content (AvgIpc) is 3.37. The summed E-state index contributed by atoms with van der Waals surface area (Å²) >= 11 is 0. The molecule has 2 fully saturated rings. The molecule has 0 spiro atoms. The molecule has 0 N–H and O–H groups in total. The van der Waals surface area contributed by atoms with Crippen molar-refractivity contribution >= 4 is 5.91 Å². The number of amides is 1. The van der Waals surface area contributed by atoms with Gasteiger partial charge in [-0.1, -0.05) is 5.21 Å². The van der Waals surface area contributed by atoms with Crippen molar-refractivity contribution < 1.29 is 13.6 Å². The van der Waals surface area contributed by atoms with Gasteiger partial charge in [0.1, 0.15) is 0 Å². The predicted molar refractivity (Wildman–Crippen MR) is 94.3 cm³/mol. The van der Waals surface area contributed by atoms with Gasteiger partial charge in [0.2, 0.25) is 0 Å². The Balaban J connectivity index is 1.45. The van der Waals surface area contributed by atoms with Crippen molar-refractivity contribution in [1.29, 1.82) is 0 Å². The maximum absolute atomic E-state index is 14.1. The van der Waals surface area contributed by atoms with Gasteiger partial charge in [-0.3, -0.25) is 14.4 Å². The fourth-order valence-electron chi connectivity index (χ4n) is 3.98. The fraction of sp³-hybridized carbons (Fsp3) is 0.611. The lowest BCUT2D eigenvalue weighted by Gasteiger charge is -2.23. The molecule has 0 aliphatic carbocycles. The van der Waals surface area contributed by atoms with Crippen LogP contribution in [0.1, 0.15) is 35.4 Å². The van der Waals surface area contributed by atoms with Crippen LogP contribution in [-0.2, 0) is 20.1 Å². The zero-order chi connectivity index (χ0) is 19.0. The number of nitrogens with zero attached hydrogens (tertiary/aromatic N) is 6. The van der Waals surface area contributed by atoms with Crippen LogP contribution in [0.2, 0.25) is 0 Å². The molecule has 9 heteroatoms. The zero-order valence-electron chi connectivity index (χ0n) is 15.4. The first kappa shape index (κ1) is 18.1. The van der Waals surface area contributed by atoms with Crippen molar-refractivity contribution in [3.63, 3.8) is 0 Å². The Morgan fingerprint density at radius 1 is 1.33 bits per heavy atom. The first-order valence-corrected chi connectivity index (χ1v) is 9.33. The number of carbonyl (C=O) groups excluding carboxylic acids is 1. The molecule has 0 saturated carbocycles. The van der Waals surface area contributed by atoms with E-state index in [0.29, 0.717) is 13.1 Å². The molecule has 0 radical (unpaired) electrons. The molecule has 4 rings (SSSR count). The topological polar surface area (TPSA) is 59.2 Å². The second kappa shape index (κ2) is 7.03. The lowest BCUT2D eigenvalue weighted by atomic mass is 10.2. The molecule has 2 aliphatic rings. The number of rotatable bonds is 5. The summed E-state index contributed by atoms with van der Waals surface area (Å²) in [6, 6.07) is 3.49. The summed E-state index contributed by atoms with van der Waals surface area (Å²) in [5.41, 5.74) is 1.27. The second-order valence-electron chi connectivity index (χ2n) is 7.55. The molecule has 2 aliphatic heterocycles. The van der Waals surface area contributed by atoms with E-state index in [-0.39, 0.29) is 30.6 Å². The normalized spacial score (nSPS) is 22.6. The molecule has 2 saturated heterocycles. The van der Waals surface area contributed by atoms with Gasteiger partial charge in [0.05, 0.1) is 19.3 Å². The van der Waals surface area contributed by atoms with E-state index in [2.05, 4.69) is 10.3 Å². The molecule has 7 nitrogen and oxygen atoms in total. The van der Waals surface area contributed by atoms with Crippen molar-refractivity contribution in [2.24, 2.45) is 7.05 Å². The SMILES string of the molecule is Cn1cccc1CN1CC(F)(F)C[C@H]1Cn1cc(C(=O)N2CCCC2)nn1. The van der Waals surface area contributed by atoms with Crippen LogP contribution in [0.4, 0.5) is 8.78 Å². The Hall–Kier alpha value is -2.29. The number of likely N-dealkylation sites (tertiary alicyclic amines) is 2. The van der Waals surface area contributed by atoms with Crippen LogP contribution in [0.15, 0.2) is 24.5 Å². The summed E-state index contributed by atoms with van der Waals surface area (Å²) in [4.78, 5) is 15.9. The molecular weight excluding hydrogens is 354 g/mol. The minimum atomic E-state index is -2.72. The van der Waals surface area contributed by atoms with Crippen molar-refractivity contribution in [2.75, 3.05) is 19.6 Å². The van der Waals surface area contributed by atoms with Gasteiger partial charge in [-0.05, 0) is 25.0 Å². The van der Waals surface area contributed by atoms with E-state index in [4.69, 9.17) is 0 Å². The third-order valence-corrected chi connectivity index (χ3v) is 5.45. The van der Waals surface area contributed by atoms with Crippen molar-refractivity contribution in [3.05, 3.63) is 35.9 Å². The second-order valence-corrected chi connectivity index (χ2v) is 7.55. The summed E-state index contributed by atoms with van der Waals surface area (Å²) in [5, 5.41) is 7.98. The summed E-state index contributed by atoms with van der Waals surface area (Å²) in [7, 11) is 1.91. The third-order valence-electron chi connectivity index (χ3n) is 5.45. The lowest BCUT2D eigenvalue weighted by molar-refractivity contribution is 0.0111. The van der Waals surface area contributed by atoms with E-state index < -0.39 is 5.92 Å². The van der Waals surface area contributed by atoms with Gasteiger partial charge in [0, 0.05) is 51.0 Å². The Labute approximate surface area is 156 Å². The fourth-order valence-corrected chi connectivity index (χ4v) is 3.98. The largest absolute Gasteiger partial charge is 0.353 e. The first-order chi connectivity index (χ1) is 12.9. The average molecular weight is 378 g/mol. The molecule has 146 valence electrons. The van der Waals surface area contributed by atoms with Gasteiger partial charge in [-0.2, -0.15) is 0 Å². The summed E-state index contributed by atoms with van der Waals surface area (Å²) in [6.45, 7) is 1.96. The standard InChI is InChI=1S/C18H24F2N6O/c1-23-6-4-5-14(23)10-25-13-18(19,20)9-15(25)11-26-12-16(21-22-26)17(27)24-7-2-3-8-24/h4-6,12,15H,2-3,7-11,13H2,1H3/t15-/m0/s1. The molecule has 1 atom stereocenters. The van der Waals surface area contributed by atoms with Gasteiger partial charge < -0.3 is 9.47 Å². The number of aromatic nitrogens is 4. The van der Waals surface area contributed by atoms with Gasteiger partial charge in [0.15, 0.2) is 5.69 Å². The van der Waals surface area contributed by atoms with Crippen LogP contribution in [0.25, 0.3) is 0 Å². The molecule has 4 heterocycles. The highest BCUT2D eigenvalue weighted by molar-refractivity contribution is 5.92. The number of halogens is 2. The van der Waals surface area contributed by atoms with E-state index in [0.717, 1.165) is 31.6 Å². The molecule has 1 amide bonds. The smallest absolute Gasteiger partial charge is 0.276 e. The quantitative estimate of drug-likeness (QED) is 0.796. The highest BCUT2D eigenvalue weighted by Gasteiger charge is 2.45. The Morgan fingerprint density at radius 2 is 2.11 bits per heavy atom. The van der Waals surface area contributed by atoms with Crippen LogP contribution in [-0.4, -0.2) is 66.9 Å². The van der Waals surface area contributed by atoms with E-state index in [1.54, 1.807) is 16.0 Å². The van der Waals surface area contributed by atoms with Crippen LogP contribution in [0, 0.1) is 0 Å². The minimum Gasteiger partial charge on any atom is -0.353 e. The van der Waals surface area contributed by atoms with Crippen LogP contribution in [0.3, 0.4) is 0 Å². The lowest BCUT2D eigenvalue weighted by Crippen LogP contribution is -2.33. The molecule has 27 heavy (non-hydrogen) atoms. The number of hydrogen-bond donors (Lipinski definition) is 0. The number of alkyl halides is 2. The van der Waals surface area contributed by atoms with Gasteiger partial charge in [0.25, 0.3) is 11.8 Å². The maximum Gasteiger partial charge on any atom is 0.276 e. The van der Waals surface area contributed by atoms with E-state index in [1.165, 1.54) is 4.68 Å². The highest BCUT2D eigenvalue weighted by Crippen LogP contribution is 2.33. The Kier molecular flexibility index (Phi) is 4.71. The van der Waals surface area contributed by atoms with Gasteiger partial charge in [-0.25, -0.2) is 8.78 Å². The Bertz CT molecular complexity index is 810. The summed E-state index contributed by atoms with van der Waals surface area (Å²) in [5.74, 6) is -2.85. The first-order valence-electron chi connectivity index (χ1n) is 9.33. The van der Waals surface area contributed by atoms with Crippen molar-refractivity contribution in [1.82, 2.24) is 29.4 Å². The monoisotopic (exact) mass is 378 g/mol. The minimum absolute atomic E-state index is 0.129. The van der Waals surface area contributed by atoms with E-state index >= 15 is 0 Å². The van der Waals surface area contributed by atoms with E-state index in [1.807, 2.05) is 29.9 Å². The molecule has 0 unspecified atom stereocenters. The van der Waals surface area contributed by atoms with Crippen LogP contribution < -0.4 is 0 Å². The highest BCUT2D eigenvalue weighted by atomic mass is 19.3. The summed E-state index contributed by atoms with van der Waals surface area (Å²) in [6.07, 6.45) is 5.28. The van der Waals surface area contributed by atoms with Crippen LogP contribution in [0.5, 0.6) is 0 Å². The molecule has 0 bridgehead atoms. The maximum atomic E-state index is 14.1.